The van der Waals surface area contributed by atoms with Crippen LogP contribution in [0.3, 0.4) is 0 Å². The maximum atomic E-state index is 12.8. The lowest BCUT2D eigenvalue weighted by molar-refractivity contribution is -0.274. The summed E-state index contributed by atoms with van der Waals surface area (Å²) in [4.78, 5) is 31.0. The SMILES string of the molecule is O=C(O)CCNC(=O)c1ccc(CN(c2ccc(OC(F)(F)F)cc2)c2nc(-c3ccc(Cl)cc3)c(-c3ccccc3)s2)cc1. The van der Waals surface area contributed by atoms with Gasteiger partial charge < -0.3 is 20.1 Å². The van der Waals surface area contributed by atoms with Crippen LogP contribution in [0.4, 0.5) is 24.0 Å². The molecule has 0 atom stereocenters. The van der Waals surface area contributed by atoms with Gasteiger partial charge in [-0.2, -0.15) is 0 Å². The van der Waals surface area contributed by atoms with Crippen molar-refractivity contribution in [2.45, 2.75) is 19.3 Å². The Balaban J connectivity index is 1.52. The molecule has 1 aromatic heterocycles. The van der Waals surface area contributed by atoms with Crippen LogP contribution >= 0.6 is 22.9 Å². The number of halogens is 4. The van der Waals surface area contributed by atoms with Gasteiger partial charge in [-0.05, 0) is 59.7 Å². The van der Waals surface area contributed by atoms with Crippen molar-refractivity contribution in [2.75, 3.05) is 11.4 Å². The molecular weight excluding hydrogens is 627 g/mol. The van der Waals surface area contributed by atoms with Gasteiger partial charge in [0, 0.05) is 28.4 Å². The van der Waals surface area contributed by atoms with Gasteiger partial charge in [0.05, 0.1) is 23.5 Å². The number of carbonyl (C=O) groups is 2. The van der Waals surface area contributed by atoms with E-state index < -0.39 is 18.2 Å². The highest BCUT2D eigenvalue weighted by Crippen LogP contribution is 2.43. The van der Waals surface area contributed by atoms with Gasteiger partial charge in [-0.15, -0.1) is 13.2 Å². The van der Waals surface area contributed by atoms with Gasteiger partial charge >= 0.3 is 12.3 Å². The molecule has 0 aliphatic rings. The third-order valence-corrected chi connectivity index (χ3v) is 7.94. The Morgan fingerprint density at radius 3 is 2.18 bits per heavy atom. The van der Waals surface area contributed by atoms with Gasteiger partial charge in [-0.3, -0.25) is 9.59 Å². The Morgan fingerprint density at radius 2 is 1.56 bits per heavy atom. The van der Waals surface area contributed by atoms with Crippen LogP contribution < -0.4 is 15.0 Å². The molecule has 5 rings (SSSR count). The molecule has 0 unspecified atom stereocenters. The normalized spacial score (nSPS) is 11.2. The molecule has 5 aromatic rings. The number of carboxylic acid groups (broad SMARTS) is 1. The van der Waals surface area contributed by atoms with Crippen molar-refractivity contribution in [1.29, 1.82) is 0 Å². The Morgan fingerprint density at radius 1 is 0.889 bits per heavy atom. The lowest BCUT2D eigenvalue weighted by Gasteiger charge is -2.23. The van der Waals surface area contributed by atoms with Gasteiger partial charge in [0.1, 0.15) is 5.75 Å². The van der Waals surface area contributed by atoms with Gasteiger partial charge in [-0.1, -0.05) is 77.5 Å². The van der Waals surface area contributed by atoms with Crippen molar-refractivity contribution in [3.8, 4) is 27.4 Å². The molecule has 12 heteroatoms. The number of anilines is 2. The number of benzene rings is 4. The summed E-state index contributed by atoms with van der Waals surface area (Å²) in [5, 5.41) is 12.5. The highest BCUT2D eigenvalue weighted by Gasteiger charge is 2.31. The molecular formula is C33H25ClF3N3O4S. The van der Waals surface area contributed by atoms with Crippen molar-refractivity contribution in [3.05, 3.63) is 119 Å². The van der Waals surface area contributed by atoms with E-state index >= 15 is 0 Å². The largest absolute Gasteiger partial charge is 0.573 e. The molecule has 0 fully saturated rings. The minimum atomic E-state index is -4.82. The second-order valence-corrected chi connectivity index (χ2v) is 11.2. The molecule has 7 nitrogen and oxygen atoms in total. The average molecular weight is 652 g/mol. The number of hydrogen-bond acceptors (Lipinski definition) is 6. The second kappa shape index (κ2) is 13.8. The summed E-state index contributed by atoms with van der Waals surface area (Å²) in [6.45, 7) is 0.268. The van der Waals surface area contributed by atoms with Crippen LogP contribution in [0.1, 0.15) is 22.3 Å². The molecule has 230 valence electrons. The second-order valence-electron chi connectivity index (χ2n) is 9.77. The minimum absolute atomic E-state index is 0.00148. The Labute approximate surface area is 265 Å². The van der Waals surface area contributed by atoms with E-state index in [1.165, 1.54) is 35.6 Å². The first-order valence-corrected chi connectivity index (χ1v) is 14.8. The first-order chi connectivity index (χ1) is 21.6. The smallest absolute Gasteiger partial charge is 0.481 e. The molecule has 1 heterocycles. The monoisotopic (exact) mass is 651 g/mol. The third-order valence-electron chi connectivity index (χ3n) is 6.56. The predicted molar refractivity (Wildman–Crippen MR) is 168 cm³/mol. The summed E-state index contributed by atoms with van der Waals surface area (Å²) in [6.07, 6.45) is -5.02. The first kappa shape index (κ1) is 31.6. The maximum absolute atomic E-state index is 12.8. The van der Waals surface area contributed by atoms with Crippen LogP contribution in [-0.2, 0) is 11.3 Å². The summed E-state index contributed by atoms with van der Waals surface area (Å²) < 4.78 is 42.6. The average Bonchev–Trinajstić information content (AvgIpc) is 3.46. The van der Waals surface area contributed by atoms with E-state index in [-0.39, 0.29) is 25.3 Å². The quantitative estimate of drug-likeness (QED) is 0.149. The van der Waals surface area contributed by atoms with E-state index in [1.54, 1.807) is 36.4 Å². The standard InChI is InChI=1S/C33H25ClF3N3O4S/c34-25-12-10-22(11-13-25)29-30(23-4-2-1-3-5-23)45-32(39-29)40(26-14-16-27(17-15-26)44-33(35,36)37)20-21-6-8-24(9-7-21)31(43)38-19-18-28(41)42/h1-17H,18-20H2,(H,38,43)(H,41,42). The van der Waals surface area contributed by atoms with E-state index in [0.717, 1.165) is 21.6 Å². The van der Waals surface area contributed by atoms with Crippen LogP contribution in [0.5, 0.6) is 5.75 Å². The van der Waals surface area contributed by atoms with Gasteiger partial charge in [0.15, 0.2) is 5.13 Å². The van der Waals surface area contributed by atoms with Crippen molar-refractivity contribution in [3.63, 3.8) is 0 Å². The number of nitrogens with zero attached hydrogens (tertiary/aromatic N) is 2. The zero-order valence-electron chi connectivity index (χ0n) is 23.4. The molecule has 0 spiro atoms. The highest BCUT2D eigenvalue weighted by molar-refractivity contribution is 7.19. The molecule has 0 aliphatic heterocycles. The Hall–Kier alpha value is -4.87. The van der Waals surface area contributed by atoms with E-state index in [0.29, 0.717) is 27.1 Å². The van der Waals surface area contributed by atoms with Crippen molar-refractivity contribution in [1.82, 2.24) is 10.3 Å². The number of alkyl halides is 3. The Kier molecular flexibility index (Phi) is 9.70. The number of carbonyl (C=O) groups excluding carboxylic acids is 1. The number of ether oxygens (including phenoxy) is 1. The molecule has 0 bridgehead atoms. The minimum Gasteiger partial charge on any atom is -0.481 e. The molecule has 2 N–H and O–H groups in total. The summed E-state index contributed by atoms with van der Waals surface area (Å²) in [5.74, 6) is -1.77. The number of carboxylic acids is 1. The van der Waals surface area contributed by atoms with Gasteiger partial charge in [-0.25, -0.2) is 4.98 Å². The highest BCUT2D eigenvalue weighted by atomic mass is 35.5. The zero-order valence-corrected chi connectivity index (χ0v) is 25.0. The number of thiazole rings is 1. The number of aromatic nitrogens is 1. The molecule has 0 saturated carbocycles. The summed E-state index contributed by atoms with van der Waals surface area (Å²) in [5.41, 5.74) is 4.21. The fraction of sp³-hybridized carbons (Fsp3) is 0.121. The van der Waals surface area contributed by atoms with Crippen molar-refractivity contribution < 1.29 is 32.6 Å². The fourth-order valence-electron chi connectivity index (χ4n) is 4.44. The molecule has 1 amide bonds. The topological polar surface area (TPSA) is 91.8 Å². The lowest BCUT2D eigenvalue weighted by Crippen LogP contribution is -2.26. The van der Waals surface area contributed by atoms with Crippen LogP contribution in [-0.4, -0.2) is 34.9 Å². The molecule has 0 radical (unpaired) electrons. The molecule has 0 saturated heterocycles. The van der Waals surface area contributed by atoms with E-state index in [9.17, 15) is 22.8 Å². The number of aliphatic carboxylic acids is 1. The number of rotatable bonds is 11. The summed E-state index contributed by atoms with van der Waals surface area (Å²) >= 11 is 7.57. The molecule has 4 aromatic carbocycles. The van der Waals surface area contributed by atoms with Crippen LogP contribution in [0.25, 0.3) is 21.7 Å². The fourth-order valence-corrected chi connectivity index (χ4v) is 5.68. The number of hydrogen-bond donors (Lipinski definition) is 2. The summed E-state index contributed by atoms with van der Waals surface area (Å²) in [6, 6.07) is 29.3. The maximum Gasteiger partial charge on any atom is 0.573 e. The molecule has 0 aliphatic carbocycles. The van der Waals surface area contributed by atoms with Gasteiger partial charge in [0.2, 0.25) is 0 Å². The zero-order chi connectivity index (χ0) is 32.0. The number of amides is 1. The van der Waals surface area contributed by atoms with E-state index in [1.807, 2.05) is 47.4 Å². The first-order valence-electron chi connectivity index (χ1n) is 13.6. The number of nitrogens with one attached hydrogen (secondary N) is 1. The van der Waals surface area contributed by atoms with Crippen LogP contribution in [0.2, 0.25) is 5.02 Å². The van der Waals surface area contributed by atoms with Crippen LogP contribution in [0, 0.1) is 0 Å². The Bertz CT molecular complexity index is 1760. The lowest BCUT2D eigenvalue weighted by atomic mass is 10.1. The predicted octanol–water partition coefficient (Wildman–Crippen LogP) is 8.57. The van der Waals surface area contributed by atoms with E-state index in [4.69, 9.17) is 21.7 Å². The van der Waals surface area contributed by atoms with Crippen molar-refractivity contribution >= 4 is 45.6 Å². The summed E-state index contributed by atoms with van der Waals surface area (Å²) in [7, 11) is 0. The molecule has 45 heavy (non-hydrogen) atoms. The third kappa shape index (κ3) is 8.40. The van der Waals surface area contributed by atoms with E-state index in [2.05, 4.69) is 10.1 Å². The van der Waals surface area contributed by atoms with Gasteiger partial charge in [0.25, 0.3) is 5.91 Å². The van der Waals surface area contributed by atoms with Crippen LogP contribution in [0.15, 0.2) is 103 Å². The van der Waals surface area contributed by atoms with Crippen molar-refractivity contribution in [2.24, 2.45) is 0 Å².